The van der Waals surface area contributed by atoms with E-state index in [1.165, 1.54) is 0 Å². The Hall–Kier alpha value is -0.150. The minimum Gasteiger partial charge on any atom is -0.399 e. The molecule has 1 saturated heterocycles. The monoisotopic (exact) mass is 426 g/mol. The summed E-state index contributed by atoms with van der Waals surface area (Å²) in [6, 6.07) is 3.15. The Morgan fingerprint density at radius 1 is 1.25 bits per heavy atom. The van der Waals surface area contributed by atoms with Crippen molar-refractivity contribution in [2.45, 2.75) is 17.7 Å². The minimum absolute atomic E-state index is 0.179. The van der Waals surface area contributed by atoms with Crippen LogP contribution < -0.4 is 10.5 Å². The topological polar surface area (TPSA) is 81.4 Å². The third kappa shape index (κ3) is 3.94. The van der Waals surface area contributed by atoms with Crippen LogP contribution in [0.2, 0.25) is 0 Å². The quantitative estimate of drug-likeness (QED) is 0.723. The van der Waals surface area contributed by atoms with Gasteiger partial charge >= 0.3 is 0 Å². The molecule has 8 heteroatoms. The summed E-state index contributed by atoms with van der Waals surface area (Å²) in [4.78, 5) is 0.179. The normalized spacial score (nSPS) is 17.3. The largest absolute Gasteiger partial charge is 0.399 e. The van der Waals surface area contributed by atoms with Gasteiger partial charge in [0.05, 0.1) is 0 Å². The standard InChI is InChI=1S/C12H16Br2N2O3S/c13-10-5-9(15)6-11(14)12(10)20(17,18)16-7-8-1-3-19-4-2-8/h5-6,8,16H,1-4,7,15H2. The first kappa shape index (κ1) is 16.2. The second-order valence-electron chi connectivity index (χ2n) is 4.72. The second kappa shape index (κ2) is 6.74. The number of benzene rings is 1. The summed E-state index contributed by atoms with van der Waals surface area (Å²) >= 11 is 6.50. The molecule has 1 aromatic carbocycles. The van der Waals surface area contributed by atoms with Gasteiger partial charge in [0, 0.05) is 34.4 Å². The van der Waals surface area contributed by atoms with Crippen LogP contribution in [-0.4, -0.2) is 28.2 Å². The van der Waals surface area contributed by atoms with Crippen molar-refractivity contribution in [1.29, 1.82) is 0 Å². The maximum absolute atomic E-state index is 12.4. The van der Waals surface area contributed by atoms with Crippen molar-refractivity contribution in [2.24, 2.45) is 5.92 Å². The van der Waals surface area contributed by atoms with Crippen molar-refractivity contribution in [1.82, 2.24) is 4.72 Å². The van der Waals surface area contributed by atoms with Crippen molar-refractivity contribution < 1.29 is 13.2 Å². The van der Waals surface area contributed by atoms with Crippen molar-refractivity contribution in [3.05, 3.63) is 21.1 Å². The lowest BCUT2D eigenvalue weighted by Gasteiger charge is -2.22. The molecule has 1 aliphatic heterocycles. The van der Waals surface area contributed by atoms with Gasteiger partial charge in [-0.2, -0.15) is 0 Å². The molecule has 0 saturated carbocycles. The highest BCUT2D eigenvalue weighted by Crippen LogP contribution is 2.32. The molecule has 0 unspecified atom stereocenters. The van der Waals surface area contributed by atoms with E-state index in [-0.39, 0.29) is 4.90 Å². The number of anilines is 1. The fourth-order valence-corrected chi connectivity index (χ4v) is 5.82. The summed E-state index contributed by atoms with van der Waals surface area (Å²) in [6.45, 7) is 1.82. The number of halogens is 2. The molecule has 0 aliphatic carbocycles. The third-order valence-electron chi connectivity index (χ3n) is 3.19. The van der Waals surface area contributed by atoms with E-state index >= 15 is 0 Å². The van der Waals surface area contributed by atoms with Crippen molar-refractivity contribution >= 4 is 47.6 Å². The lowest BCUT2D eigenvalue weighted by Crippen LogP contribution is -2.32. The molecule has 0 radical (unpaired) electrons. The molecule has 0 spiro atoms. The van der Waals surface area contributed by atoms with Gasteiger partial charge in [0.15, 0.2) is 0 Å². The first-order chi connectivity index (χ1) is 9.40. The Morgan fingerprint density at radius 2 is 1.80 bits per heavy atom. The summed E-state index contributed by atoms with van der Waals surface area (Å²) < 4.78 is 33.6. The van der Waals surface area contributed by atoms with Gasteiger partial charge in [0.25, 0.3) is 0 Å². The third-order valence-corrected chi connectivity index (χ3v) is 6.49. The van der Waals surface area contributed by atoms with E-state index in [4.69, 9.17) is 10.5 Å². The van der Waals surface area contributed by atoms with E-state index in [1.54, 1.807) is 12.1 Å². The fraction of sp³-hybridized carbons (Fsp3) is 0.500. The van der Waals surface area contributed by atoms with Crippen LogP contribution >= 0.6 is 31.9 Å². The molecule has 0 aromatic heterocycles. The van der Waals surface area contributed by atoms with E-state index in [0.29, 0.717) is 40.3 Å². The molecule has 1 aromatic rings. The van der Waals surface area contributed by atoms with Gasteiger partial charge in [-0.15, -0.1) is 0 Å². The van der Waals surface area contributed by atoms with Gasteiger partial charge in [0.1, 0.15) is 4.90 Å². The molecule has 2 rings (SSSR count). The lowest BCUT2D eigenvalue weighted by molar-refractivity contribution is 0.0678. The van der Waals surface area contributed by atoms with Crippen LogP contribution in [0.4, 0.5) is 5.69 Å². The van der Waals surface area contributed by atoms with Gasteiger partial charge in [-0.1, -0.05) is 0 Å². The van der Waals surface area contributed by atoms with Crippen LogP contribution in [0.25, 0.3) is 0 Å². The molecule has 5 nitrogen and oxygen atoms in total. The average Bonchev–Trinajstić information content (AvgIpc) is 2.36. The molecule has 1 heterocycles. The van der Waals surface area contributed by atoms with Gasteiger partial charge in [0.2, 0.25) is 10.0 Å². The van der Waals surface area contributed by atoms with E-state index in [2.05, 4.69) is 36.6 Å². The molecule has 1 fully saturated rings. The Kier molecular flexibility index (Phi) is 5.47. The minimum atomic E-state index is -3.58. The molecule has 3 N–H and O–H groups in total. The van der Waals surface area contributed by atoms with Gasteiger partial charge in [-0.3, -0.25) is 0 Å². The van der Waals surface area contributed by atoms with E-state index in [9.17, 15) is 8.42 Å². The Bertz CT molecular complexity index is 563. The molecule has 20 heavy (non-hydrogen) atoms. The first-order valence-electron chi connectivity index (χ1n) is 6.22. The molecule has 112 valence electrons. The highest BCUT2D eigenvalue weighted by Gasteiger charge is 2.23. The van der Waals surface area contributed by atoms with Crippen molar-refractivity contribution in [2.75, 3.05) is 25.5 Å². The zero-order chi connectivity index (χ0) is 14.8. The number of rotatable bonds is 4. The Balaban J connectivity index is 2.14. The molecule has 0 atom stereocenters. The molecule has 0 amide bonds. The molecular formula is C12H16Br2N2O3S. The number of nitrogen functional groups attached to an aromatic ring is 1. The second-order valence-corrected chi connectivity index (χ2v) is 8.13. The first-order valence-corrected chi connectivity index (χ1v) is 9.29. The highest BCUT2D eigenvalue weighted by atomic mass is 79.9. The van der Waals surface area contributed by atoms with Crippen LogP contribution in [0.5, 0.6) is 0 Å². The molecular weight excluding hydrogens is 412 g/mol. The van der Waals surface area contributed by atoms with Crippen molar-refractivity contribution in [3.8, 4) is 0 Å². The van der Waals surface area contributed by atoms with Crippen LogP contribution in [0.1, 0.15) is 12.8 Å². The van der Waals surface area contributed by atoms with Crippen LogP contribution in [-0.2, 0) is 14.8 Å². The van der Waals surface area contributed by atoms with E-state index in [0.717, 1.165) is 12.8 Å². The van der Waals surface area contributed by atoms with Crippen LogP contribution in [0.15, 0.2) is 26.0 Å². The smallest absolute Gasteiger partial charge is 0.242 e. The Morgan fingerprint density at radius 3 is 2.35 bits per heavy atom. The zero-order valence-corrected chi connectivity index (χ0v) is 14.7. The van der Waals surface area contributed by atoms with E-state index < -0.39 is 10.0 Å². The maximum atomic E-state index is 12.4. The molecule has 0 bridgehead atoms. The van der Waals surface area contributed by atoms with Gasteiger partial charge in [-0.25, -0.2) is 13.1 Å². The number of nitrogens with one attached hydrogen (secondary N) is 1. The lowest BCUT2D eigenvalue weighted by atomic mass is 10.0. The van der Waals surface area contributed by atoms with Crippen LogP contribution in [0, 0.1) is 5.92 Å². The fourth-order valence-electron chi connectivity index (χ4n) is 2.09. The summed E-state index contributed by atoms with van der Waals surface area (Å²) in [6.07, 6.45) is 1.76. The summed E-state index contributed by atoms with van der Waals surface area (Å²) in [5.74, 6) is 0.324. The van der Waals surface area contributed by atoms with Gasteiger partial charge in [-0.05, 0) is 62.8 Å². The SMILES string of the molecule is Nc1cc(Br)c(S(=O)(=O)NCC2CCOCC2)c(Br)c1. The summed E-state index contributed by atoms with van der Waals surface area (Å²) in [5, 5.41) is 0. The maximum Gasteiger partial charge on any atom is 0.242 e. The summed E-state index contributed by atoms with van der Waals surface area (Å²) in [7, 11) is -3.58. The van der Waals surface area contributed by atoms with Crippen LogP contribution in [0.3, 0.4) is 0 Å². The van der Waals surface area contributed by atoms with Crippen molar-refractivity contribution in [3.63, 3.8) is 0 Å². The number of nitrogens with two attached hydrogens (primary N) is 1. The number of hydrogen-bond donors (Lipinski definition) is 2. The highest BCUT2D eigenvalue weighted by molar-refractivity contribution is 9.11. The average molecular weight is 428 g/mol. The number of ether oxygens (including phenoxy) is 1. The molecule has 1 aliphatic rings. The van der Waals surface area contributed by atoms with Gasteiger partial charge < -0.3 is 10.5 Å². The number of hydrogen-bond acceptors (Lipinski definition) is 4. The zero-order valence-electron chi connectivity index (χ0n) is 10.7. The Labute approximate surface area is 135 Å². The predicted molar refractivity (Wildman–Crippen MR) is 85.0 cm³/mol. The predicted octanol–water partition coefficient (Wildman–Crippen LogP) is 2.50. The summed E-state index contributed by atoms with van der Waals surface area (Å²) in [5.41, 5.74) is 6.17. The van der Waals surface area contributed by atoms with E-state index in [1.807, 2.05) is 0 Å². The number of sulfonamides is 1.